The fourth-order valence-electron chi connectivity index (χ4n) is 6.86. The lowest BCUT2D eigenvalue weighted by Gasteiger charge is -2.38. The SMILES string of the molecule is Cc1ccc(C)c(C(NC(=O)[C@H]2CC(C)C(NS(=O)(=O)CC(C)C)C2)C23CCC(F)(CC2)C3)c1F. The van der Waals surface area contributed by atoms with Gasteiger partial charge in [-0.25, -0.2) is 21.9 Å². The van der Waals surface area contributed by atoms with Gasteiger partial charge in [-0.1, -0.05) is 32.9 Å². The van der Waals surface area contributed by atoms with E-state index in [4.69, 9.17) is 0 Å². The highest BCUT2D eigenvalue weighted by Crippen LogP contribution is 2.63. The highest BCUT2D eigenvalue weighted by atomic mass is 32.2. The van der Waals surface area contributed by atoms with Crippen LogP contribution in [0.15, 0.2) is 12.1 Å². The van der Waals surface area contributed by atoms with Crippen LogP contribution < -0.4 is 10.0 Å². The van der Waals surface area contributed by atoms with Crippen molar-refractivity contribution in [1.82, 2.24) is 10.0 Å². The van der Waals surface area contributed by atoms with Gasteiger partial charge in [-0.3, -0.25) is 4.79 Å². The predicted octanol–water partition coefficient (Wildman–Crippen LogP) is 5.26. The molecule has 2 bridgehead atoms. The third-order valence-electron chi connectivity index (χ3n) is 8.73. The largest absolute Gasteiger partial charge is 0.348 e. The molecule has 0 saturated heterocycles. The van der Waals surface area contributed by atoms with E-state index in [0.29, 0.717) is 56.1 Å². The van der Waals surface area contributed by atoms with Gasteiger partial charge < -0.3 is 5.32 Å². The number of amides is 1. The fraction of sp³-hybridized carbons (Fsp3) is 0.741. The molecule has 196 valence electrons. The number of hydrogen-bond acceptors (Lipinski definition) is 3. The molecule has 0 aromatic heterocycles. The summed E-state index contributed by atoms with van der Waals surface area (Å²) < 4.78 is 58.5. The molecule has 4 atom stereocenters. The minimum Gasteiger partial charge on any atom is -0.348 e. The average Bonchev–Trinajstić information content (AvgIpc) is 3.40. The van der Waals surface area contributed by atoms with Crippen LogP contribution in [0.1, 0.15) is 88.4 Å². The van der Waals surface area contributed by atoms with Gasteiger partial charge in [0.25, 0.3) is 0 Å². The zero-order chi connectivity index (χ0) is 25.8. The van der Waals surface area contributed by atoms with Gasteiger partial charge in [-0.2, -0.15) is 0 Å². The summed E-state index contributed by atoms with van der Waals surface area (Å²) in [6.45, 7) is 9.23. The van der Waals surface area contributed by atoms with Crippen LogP contribution in [0.25, 0.3) is 0 Å². The van der Waals surface area contributed by atoms with E-state index in [2.05, 4.69) is 10.0 Å². The van der Waals surface area contributed by atoms with Gasteiger partial charge in [0.05, 0.1) is 11.8 Å². The maximum Gasteiger partial charge on any atom is 0.223 e. The Bertz CT molecular complexity index is 1080. The summed E-state index contributed by atoms with van der Waals surface area (Å²) >= 11 is 0. The van der Waals surface area contributed by atoms with Crippen molar-refractivity contribution in [2.45, 2.75) is 97.3 Å². The molecule has 8 heteroatoms. The summed E-state index contributed by atoms with van der Waals surface area (Å²) in [7, 11) is -3.43. The lowest BCUT2D eigenvalue weighted by Crippen LogP contribution is -2.43. The molecule has 0 heterocycles. The fourth-order valence-corrected chi connectivity index (χ4v) is 8.62. The third-order valence-corrected chi connectivity index (χ3v) is 10.5. The van der Waals surface area contributed by atoms with E-state index in [-0.39, 0.29) is 41.3 Å². The van der Waals surface area contributed by atoms with E-state index in [1.165, 1.54) is 0 Å². The van der Waals surface area contributed by atoms with Crippen molar-refractivity contribution < 1.29 is 22.0 Å². The molecular weight excluding hydrogens is 470 g/mol. The number of benzene rings is 1. The molecule has 2 N–H and O–H groups in total. The van der Waals surface area contributed by atoms with Crippen LogP contribution in [-0.4, -0.2) is 31.8 Å². The van der Waals surface area contributed by atoms with Gasteiger partial charge in [0.15, 0.2) is 0 Å². The smallest absolute Gasteiger partial charge is 0.223 e. The van der Waals surface area contributed by atoms with E-state index in [9.17, 15) is 13.2 Å². The number of alkyl halides is 1. The molecule has 1 aromatic rings. The van der Waals surface area contributed by atoms with Crippen molar-refractivity contribution in [1.29, 1.82) is 0 Å². The molecule has 3 fully saturated rings. The molecule has 0 aliphatic heterocycles. The second-order valence-electron chi connectivity index (χ2n) is 12.1. The van der Waals surface area contributed by atoms with Crippen molar-refractivity contribution in [3.63, 3.8) is 0 Å². The second-order valence-corrected chi connectivity index (χ2v) is 13.9. The summed E-state index contributed by atoms with van der Waals surface area (Å²) in [5, 5.41) is 3.18. The first kappa shape index (κ1) is 26.5. The quantitative estimate of drug-likeness (QED) is 0.501. The van der Waals surface area contributed by atoms with Crippen molar-refractivity contribution >= 4 is 15.9 Å². The summed E-state index contributed by atoms with van der Waals surface area (Å²) in [6, 6.07) is 2.70. The van der Waals surface area contributed by atoms with E-state index in [0.717, 1.165) is 5.56 Å². The Labute approximate surface area is 208 Å². The molecule has 5 nitrogen and oxygen atoms in total. The number of carbonyl (C=O) groups excluding carboxylic acids is 1. The van der Waals surface area contributed by atoms with E-state index in [1.807, 2.05) is 33.8 Å². The third kappa shape index (κ3) is 5.29. The lowest BCUT2D eigenvalue weighted by atomic mass is 9.73. The Hall–Kier alpha value is -1.54. The van der Waals surface area contributed by atoms with Gasteiger partial charge in [0.1, 0.15) is 11.5 Å². The van der Waals surface area contributed by atoms with Crippen molar-refractivity contribution in [3.05, 3.63) is 34.6 Å². The van der Waals surface area contributed by atoms with Crippen LogP contribution in [0.3, 0.4) is 0 Å². The standard InChI is InChI=1S/C27H40F2N2O3S/c1-16(2)14-35(33,34)31-21-13-20(12-19(21)5)25(32)30-24(22-17(3)6-7-18(4)23(22)28)26-8-10-27(29,15-26)11-9-26/h6-7,16,19-21,24,31H,8-15H2,1-5H3,(H,30,32)/t19?,20-,21?,24?,26?,27?/m0/s1. The van der Waals surface area contributed by atoms with E-state index >= 15 is 8.78 Å². The van der Waals surface area contributed by atoms with Gasteiger partial charge in [0, 0.05) is 17.5 Å². The Morgan fingerprint density at radius 1 is 1.11 bits per heavy atom. The van der Waals surface area contributed by atoms with E-state index < -0.39 is 27.1 Å². The molecule has 0 radical (unpaired) electrons. The number of nitrogens with one attached hydrogen (secondary N) is 2. The molecule has 1 aromatic carbocycles. The molecule has 0 spiro atoms. The van der Waals surface area contributed by atoms with Crippen molar-refractivity contribution in [2.24, 2.45) is 23.2 Å². The maximum absolute atomic E-state index is 15.5. The zero-order valence-corrected chi connectivity index (χ0v) is 22.4. The summed E-state index contributed by atoms with van der Waals surface area (Å²) in [6.07, 6.45) is 3.46. The number of halogens is 2. The van der Waals surface area contributed by atoms with Crippen LogP contribution in [0, 0.1) is 42.8 Å². The zero-order valence-electron chi connectivity index (χ0n) is 21.6. The number of aryl methyl sites for hydroxylation is 2. The Morgan fingerprint density at radius 2 is 1.74 bits per heavy atom. The maximum atomic E-state index is 15.5. The normalized spacial score (nSPS) is 33.4. The summed E-state index contributed by atoms with van der Waals surface area (Å²) in [5.41, 5.74) is 0.0308. The van der Waals surface area contributed by atoms with Crippen molar-refractivity contribution in [3.8, 4) is 0 Å². The molecule has 3 aliphatic carbocycles. The Morgan fingerprint density at radius 3 is 2.31 bits per heavy atom. The van der Waals surface area contributed by atoms with Gasteiger partial charge in [-0.05, 0) is 87.2 Å². The molecule has 4 rings (SSSR count). The minimum atomic E-state index is -3.43. The lowest BCUT2D eigenvalue weighted by molar-refractivity contribution is -0.126. The minimum absolute atomic E-state index is 0.0104. The van der Waals surface area contributed by atoms with Crippen LogP contribution in [0.2, 0.25) is 0 Å². The molecular formula is C27H40F2N2O3S. The highest BCUT2D eigenvalue weighted by molar-refractivity contribution is 7.89. The van der Waals surface area contributed by atoms with Crippen LogP contribution in [0.5, 0.6) is 0 Å². The molecule has 3 saturated carbocycles. The van der Waals surface area contributed by atoms with Gasteiger partial charge in [-0.15, -0.1) is 0 Å². The number of rotatable bonds is 8. The monoisotopic (exact) mass is 510 g/mol. The average molecular weight is 511 g/mol. The van der Waals surface area contributed by atoms with E-state index in [1.54, 1.807) is 13.0 Å². The van der Waals surface area contributed by atoms with Crippen LogP contribution in [-0.2, 0) is 14.8 Å². The molecule has 1 amide bonds. The molecule has 3 aliphatic rings. The van der Waals surface area contributed by atoms with Crippen LogP contribution >= 0.6 is 0 Å². The number of fused-ring (bicyclic) bond motifs is 2. The van der Waals surface area contributed by atoms with Crippen LogP contribution in [0.4, 0.5) is 8.78 Å². The first-order valence-electron chi connectivity index (χ1n) is 13.0. The Kier molecular flexibility index (Phi) is 7.12. The van der Waals surface area contributed by atoms with Crippen molar-refractivity contribution in [2.75, 3.05) is 5.75 Å². The van der Waals surface area contributed by atoms with Gasteiger partial charge >= 0.3 is 0 Å². The topological polar surface area (TPSA) is 75.3 Å². The molecule has 35 heavy (non-hydrogen) atoms. The number of hydrogen-bond donors (Lipinski definition) is 2. The first-order chi connectivity index (χ1) is 16.2. The Balaban J connectivity index is 1.57. The summed E-state index contributed by atoms with van der Waals surface area (Å²) in [4.78, 5) is 13.6. The van der Waals surface area contributed by atoms with Gasteiger partial charge in [0.2, 0.25) is 15.9 Å². The second kappa shape index (κ2) is 9.40. The summed E-state index contributed by atoms with van der Waals surface area (Å²) in [5.74, 6) is -0.817. The first-order valence-corrected chi connectivity index (χ1v) is 14.6. The highest BCUT2D eigenvalue weighted by Gasteiger charge is 2.59. The number of sulfonamides is 1. The molecule has 3 unspecified atom stereocenters. The number of carbonyl (C=O) groups is 1. The predicted molar refractivity (Wildman–Crippen MR) is 134 cm³/mol.